The lowest BCUT2D eigenvalue weighted by molar-refractivity contribution is -0.128. The Morgan fingerprint density at radius 2 is 2.45 bits per heavy atom. The summed E-state index contributed by atoms with van der Waals surface area (Å²) in [6.07, 6.45) is 4.94. The fraction of sp³-hybridized carbons (Fsp3) is 0.889. The van der Waals surface area contributed by atoms with Gasteiger partial charge in [0.1, 0.15) is 5.78 Å². The normalized spacial score (nSPS) is 25.5. The molecule has 0 unspecified atom stereocenters. The van der Waals surface area contributed by atoms with Crippen LogP contribution in [0, 0.1) is 0 Å². The molecule has 2 heteroatoms. The molecule has 11 heavy (non-hydrogen) atoms. The third-order valence-corrected chi connectivity index (χ3v) is 2.07. The molecule has 2 nitrogen and oxygen atoms in total. The van der Waals surface area contributed by atoms with Gasteiger partial charge in [0, 0.05) is 12.8 Å². The van der Waals surface area contributed by atoms with Gasteiger partial charge in [0.15, 0.2) is 0 Å². The van der Waals surface area contributed by atoms with Gasteiger partial charge in [0.2, 0.25) is 0 Å². The maximum atomic E-state index is 11.0. The monoisotopic (exact) mass is 156 g/mol. The molecule has 0 radical (unpaired) electrons. The van der Waals surface area contributed by atoms with Crippen LogP contribution in [-0.4, -0.2) is 18.5 Å². The van der Waals surface area contributed by atoms with Crippen LogP contribution in [0.5, 0.6) is 0 Å². The van der Waals surface area contributed by atoms with E-state index in [0.717, 1.165) is 6.42 Å². The van der Waals surface area contributed by atoms with Crippen LogP contribution in [0.15, 0.2) is 0 Å². The van der Waals surface area contributed by atoms with Crippen LogP contribution in [0.3, 0.4) is 0 Å². The fourth-order valence-electron chi connectivity index (χ4n) is 1.37. The molecule has 0 aromatic rings. The summed E-state index contributed by atoms with van der Waals surface area (Å²) in [6, 6.07) is 0. The summed E-state index contributed by atoms with van der Waals surface area (Å²) >= 11 is 0. The molecule has 64 valence electrons. The van der Waals surface area contributed by atoms with Crippen LogP contribution in [0.1, 0.15) is 39.0 Å². The van der Waals surface area contributed by atoms with Crippen molar-refractivity contribution in [2.24, 2.45) is 0 Å². The van der Waals surface area contributed by atoms with Crippen molar-refractivity contribution in [3.63, 3.8) is 0 Å². The van der Waals surface area contributed by atoms with E-state index < -0.39 is 0 Å². The Bertz CT molecular complexity index is 132. The molecule has 0 aromatic carbocycles. The lowest BCUT2D eigenvalue weighted by Crippen LogP contribution is -2.25. The summed E-state index contributed by atoms with van der Waals surface area (Å²) in [6.45, 7) is 2.80. The first-order valence-corrected chi connectivity index (χ1v) is 4.46. The summed E-state index contributed by atoms with van der Waals surface area (Å²) in [5.74, 6) is 0.373. The molecule has 0 spiro atoms. The molecule has 1 fully saturated rings. The van der Waals surface area contributed by atoms with Crippen molar-refractivity contribution in [1.29, 1.82) is 0 Å². The Hall–Kier alpha value is -0.370. The zero-order valence-electron chi connectivity index (χ0n) is 7.14. The molecule has 0 N–H and O–H groups in total. The van der Waals surface area contributed by atoms with Gasteiger partial charge in [-0.15, -0.1) is 0 Å². The van der Waals surface area contributed by atoms with Gasteiger partial charge in [-0.25, -0.2) is 0 Å². The zero-order chi connectivity index (χ0) is 8.10. The van der Waals surface area contributed by atoms with E-state index in [0.29, 0.717) is 25.2 Å². The highest BCUT2D eigenvalue weighted by atomic mass is 16.5. The van der Waals surface area contributed by atoms with Crippen molar-refractivity contribution in [2.45, 2.75) is 45.1 Å². The van der Waals surface area contributed by atoms with Crippen molar-refractivity contribution in [2.75, 3.05) is 6.61 Å². The molecule has 0 aromatic heterocycles. The second-order valence-corrected chi connectivity index (χ2v) is 3.13. The highest BCUT2D eigenvalue weighted by molar-refractivity contribution is 5.79. The SMILES string of the molecule is CCCC[C@H]1CC(=O)CCO1. The molecule has 1 rings (SSSR count). The smallest absolute Gasteiger partial charge is 0.137 e. The Morgan fingerprint density at radius 3 is 3.09 bits per heavy atom. The summed E-state index contributed by atoms with van der Waals surface area (Å²) in [5, 5.41) is 0. The molecule has 0 aliphatic carbocycles. The molecule has 0 amide bonds. The van der Waals surface area contributed by atoms with Crippen molar-refractivity contribution >= 4 is 5.78 Å². The third kappa shape index (κ3) is 3.02. The van der Waals surface area contributed by atoms with Crippen LogP contribution in [0.2, 0.25) is 0 Å². The number of ether oxygens (including phenoxy) is 1. The van der Waals surface area contributed by atoms with Crippen molar-refractivity contribution in [1.82, 2.24) is 0 Å². The van der Waals surface area contributed by atoms with Crippen molar-refractivity contribution in [3.8, 4) is 0 Å². The van der Waals surface area contributed by atoms with E-state index in [4.69, 9.17) is 4.74 Å². The molecule has 0 saturated carbocycles. The predicted octanol–water partition coefficient (Wildman–Crippen LogP) is 1.92. The Kier molecular flexibility index (Phi) is 3.57. The number of carbonyl (C=O) groups is 1. The Balaban J connectivity index is 2.17. The minimum absolute atomic E-state index is 0.233. The predicted molar refractivity (Wildman–Crippen MR) is 43.5 cm³/mol. The maximum absolute atomic E-state index is 11.0. The minimum atomic E-state index is 0.233. The van der Waals surface area contributed by atoms with Crippen LogP contribution < -0.4 is 0 Å². The van der Waals surface area contributed by atoms with Crippen LogP contribution in [-0.2, 0) is 9.53 Å². The molecular weight excluding hydrogens is 140 g/mol. The van der Waals surface area contributed by atoms with Crippen LogP contribution in [0.4, 0.5) is 0 Å². The molecule has 1 saturated heterocycles. The zero-order valence-corrected chi connectivity index (χ0v) is 7.14. The highest BCUT2D eigenvalue weighted by Crippen LogP contribution is 2.15. The van der Waals surface area contributed by atoms with Gasteiger partial charge < -0.3 is 4.74 Å². The maximum Gasteiger partial charge on any atom is 0.137 e. The fourth-order valence-corrected chi connectivity index (χ4v) is 1.37. The van der Waals surface area contributed by atoms with Gasteiger partial charge in [-0.05, 0) is 6.42 Å². The summed E-state index contributed by atoms with van der Waals surface area (Å²) < 4.78 is 5.43. The van der Waals surface area contributed by atoms with Gasteiger partial charge >= 0.3 is 0 Å². The molecule has 1 aliphatic rings. The van der Waals surface area contributed by atoms with Crippen molar-refractivity contribution in [3.05, 3.63) is 0 Å². The number of carbonyl (C=O) groups excluding carboxylic acids is 1. The van der Waals surface area contributed by atoms with E-state index >= 15 is 0 Å². The van der Waals surface area contributed by atoms with Gasteiger partial charge in [0.25, 0.3) is 0 Å². The van der Waals surface area contributed by atoms with Gasteiger partial charge in [-0.3, -0.25) is 4.79 Å². The lowest BCUT2D eigenvalue weighted by Gasteiger charge is -2.21. The first-order chi connectivity index (χ1) is 5.33. The van der Waals surface area contributed by atoms with Crippen LogP contribution >= 0.6 is 0 Å². The lowest BCUT2D eigenvalue weighted by atomic mass is 10.0. The summed E-state index contributed by atoms with van der Waals surface area (Å²) in [5.41, 5.74) is 0. The highest BCUT2D eigenvalue weighted by Gasteiger charge is 2.18. The number of ketones is 1. The molecular formula is C9H16O2. The number of rotatable bonds is 3. The Morgan fingerprint density at radius 1 is 1.64 bits per heavy atom. The number of Topliss-reactive ketones (excluding diaryl/α,β-unsaturated/α-hetero) is 1. The van der Waals surface area contributed by atoms with E-state index in [2.05, 4.69) is 6.92 Å². The minimum Gasteiger partial charge on any atom is -0.377 e. The average Bonchev–Trinajstić information content (AvgIpc) is 2.01. The summed E-state index contributed by atoms with van der Waals surface area (Å²) in [4.78, 5) is 11.0. The number of hydrogen-bond acceptors (Lipinski definition) is 2. The quantitative estimate of drug-likeness (QED) is 0.624. The van der Waals surface area contributed by atoms with E-state index in [1.54, 1.807) is 0 Å². The van der Waals surface area contributed by atoms with Gasteiger partial charge in [0.05, 0.1) is 12.7 Å². The van der Waals surface area contributed by atoms with Gasteiger partial charge in [-0.2, -0.15) is 0 Å². The first kappa shape index (κ1) is 8.72. The third-order valence-electron chi connectivity index (χ3n) is 2.07. The van der Waals surface area contributed by atoms with E-state index in [-0.39, 0.29) is 6.10 Å². The van der Waals surface area contributed by atoms with Crippen molar-refractivity contribution < 1.29 is 9.53 Å². The molecule has 1 atom stereocenters. The largest absolute Gasteiger partial charge is 0.377 e. The van der Waals surface area contributed by atoms with E-state index in [1.165, 1.54) is 12.8 Å². The second-order valence-electron chi connectivity index (χ2n) is 3.13. The van der Waals surface area contributed by atoms with E-state index in [9.17, 15) is 4.79 Å². The molecule has 1 aliphatic heterocycles. The first-order valence-electron chi connectivity index (χ1n) is 4.46. The number of unbranched alkanes of at least 4 members (excludes halogenated alkanes) is 1. The Labute approximate surface area is 67.9 Å². The molecule has 0 bridgehead atoms. The van der Waals surface area contributed by atoms with Crippen LogP contribution in [0.25, 0.3) is 0 Å². The number of hydrogen-bond donors (Lipinski definition) is 0. The van der Waals surface area contributed by atoms with E-state index in [1.807, 2.05) is 0 Å². The van der Waals surface area contributed by atoms with Gasteiger partial charge in [-0.1, -0.05) is 19.8 Å². The molecule has 1 heterocycles. The topological polar surface area (TPSA) is 26.3 Å². The standard InChI is InChI=1S/C9H16O2/c1-2-3-4-9-7-8(10)5-6-11-9/h9H,2-7H2,1H3/t9-/m0/s1. The summed E-state index contributed by atoms with van der Waals surface area (Å²) in [7, 11) is 0. The second kappa shape index (κ2) is 4.50. The average molecular weight is 156 g/mol.